The number of hydrogen-bond acceptors (Lipinski definition) is 3. The molecule has 1 heterocycles. The zero-order chi connectivity index (χ0) is 17.1. The lowest BCUT2D eigenvalue weighted by molar-refractivity contribution is -0.218. The average Bonchev–Trinajstić information content (AvgIpc) is 2.93. The molecule has 1 aliphatic heterocycles. The summed E-state index contributed by atoms with van der Waals surface area (Å²) in [5.41, 5.74) is 3.97. The minimum atomic E-state index is -4.59. The van der Waals surface area contributed by atoms with Crippen molar-refractivity contribution in [3.05, 3.63) is 35.9 Å². The quantitative estimate of drug-likeness (QED) is 0.842. The van der Waals surface area contributed by atoms with Crippen LogP contribution in [0.1, 0.15) is 18.9 Å². The van der Waals surface area contributed by atoms with Crippen molar-refractivity contribution < 1.29 is 18.0 Å². The lowest BCUT2D eigenvalue weighted by atomic mass is 9.85. The predicted molar refractivity (Wildman–Crippen MR) is 88.7 cm³/mol. The van der Waals surface area contributed by atoms with Crippen LogP contribution in [0.4, 0.5) is 13.2 Å². The molecule has 1 saturated heterocycles. The molecule has 0 aromatic heterocycles. The van der Waals surface area contributed by atoms with E-state index in [9.17, 15) is 18.0 Å². The fraction of sp³-hybridized carbons (Fsp3) is 0.562. The first kappa shape index (κ1) is 20.7. The number of nitrogens with one attached hydrogen (secondary N) is 1. The Morgan fingerprint density at radius 2 is 2.00 bits per heavy atom. The van der Waals surface area contributed by atoms with Crippen molar-refractivity contribution in [3.63, 3.8) is 0 Å². The van der Waals surface area contributed by atoms with E-state index in [0.717, 1.165) is 5.56 Å². The van der Waals surface area contributed by atoms with Gasteiger partial charge in [-0.3, -0.25) is 9.69 Å². The minimum Gasteiger partial charge on any atom is -0.352 e. The second-order valence-electron chi connectivity index (χ2n) is 6.14. The molecule has 1 aromatic rings. The van der Waals surface area contributed by atoms with Gasteiger partial charge in [0.2, 0.25) is 5.91 Å². The van der Waals surface area contributed by atoms with Crippen LogP contribution in [-0.4, -0.2) is 42.7 Å². The summed E-state index contributed by atoms with van der Waals surface area (Å²) in [7, 11) is 0. The third kappa shape index (κ3) is 4.40. The molecule has 136 valence electrons. The molecule has 3 N–H and O–H groups in total. The summed E-state index contributed by atoms with van der Waals surface area (Å²) in [4.78, 5) is 13.9. The number of likely N-dealkylation sites (tertiary alicyclic amines) is 1. The van der Waals surface area contributed by atoms with Crippen molar-refractivity contribution in [3.8, 4) is 0 Å². The van der Waals surface area contributed by atoms with Crippen molar-refractivity contribution in [2.75, 3.05) is 19.6 Å². The Kier molecular flexibility index (Phi) is 7.07. The molecule has 1 aromatic carbocycles. The molecule has 0 spiro atoms. The Morgan fingerprint density at radius 3 is 2.54 bits per heavy atom. The topological polar surface area (TPSA) is 58.4 Å². The lowest BCUT2D eigenvalue weighted by Crippen LogP contribution is -2.55. The van der Waals surface area contributed by atoms with Gasteiger partial charge >= 0.3 is 6.18 Å². The number of nitrogens with two attached hydrogens (primary N) is 1. The SMILES string of the molecule is C[C@@H](CN)NC(=O)C1(C(F)(F)F)CCN(Cc2ccccc2)C1.Cl. The second kappa shape index (κ2) is 8.18. The van der Waals surface area contributed by atoms with Crippen LogP contribution in [0, 0.1) is 5.41 Å². The van der Waals surface area contributed by atoms with Gasteiger partial charge in [0.15, 0.2) is 5.41 Å². The highest BCUT2D eigenvalue weighted by atomic mass is 35.5. The minimum absolute atomic E-state index is 0. The third-order valence-corrected chi connectivity index (χ3v) is 4.31. The molecular formula is C16H23ClF3N3O. The van der Waals surface area contributed by atoms with Crippen molar-refractivity contribution in [2.45, 2.75) is 32.1 Å². The largest absolute Gasteiger partial charge is 0.404 e. The van der Waals surface area contributed by atoms with Crippen molar-refractivity contribution in [1.82, 2.24) is 10.2 Å². The Morgan fingerprint density at radius 1 is 1.38 bits per heavy atom. The standard InChI is InChI=1S/C16H22F3N3O.ClH/c1-12(9-20)21-14(23)15(16(17,18)19)7-8-22(11-15)10-13-5-3-2-4-6-13;/h2-6,12H,7-11,20H2,1H3,(H,21,23);1H/t12-,15?;/m0./s1. The van der Waals surface area contributed by atoms with E-state index < -0.39 is 23.5 Å². The summed E-state index contributed by atoms with van der Waals surface area (Å²) in [6.45, 7) is 2.01. The van der Waals surface area contributed by atoms with E-state index in [-0.39, 0.29) is 38.5 Å². The maximum absolute atomic E-state index is 13.6. The highest BCUT2D eigenvalue weighted by molar-refractivity contribution is 5.85. The molecule has 0 aliphatic carbocycles. The number of hydrogen-bond donors (Lipinski definition) is 2. The molecule has 0 saturated carbocycles. The van der Waals surface area contributed by atoms with Gasteiger partial charge in [0.05, 0.1) is 0 Å². The number of rotatable bonds is 5. The zero-order valence-corrected chi connectivity index (χ0v) is 14.3. The lowest BCUT2D eigenvalue weighted by Gasteiger charge is -2.31. The number of halogens is 4. The molecule has 8 heteroatoms. The molecule has 0 radical (unpaired) electrons. The van der Waals surface area contributed by atoms with Crippen LogP contribution in [0.25, 0.3) is 0 Å². The number of benzene rings is 1. The first-order chi connectivity index (χ1) is 10.8. The van der Waals surface area contributed by atoms with Crippen LogP contribution in [-0.2, 0) is 11.3 Å². The van der Waals surface area contributed by atoms with Crippen LogP contribution < -0.4 is 11.1 Å². The van der Waals surface area contributed by atoms with Crippen molar-refractivity contribution >= 4 is 18.3 Å². The van der Waals surface area contributed by atoms with Crippen LogP contribution in [0.2, 0.25) is 0 Å². The zero-order valence-electron chi connectivity index (χ0n) is 13.5. The molecule has 4 nitrogen and oxygen atoms in total. The van der Waals surface area contributed by atoms with Gasteiger partial charge in [0.1, 0.15) is 0 Å². The van der Waals surface area contributed by atoms with E-state index in [2.05, 4.69) is 5.32 Å². The monoisotopic (exact) mass is 365 g/mol. The summed E-state index contributed by atoms with van der Waals surface area (Å²) < 4.78 is 40.8. The summed E-state index contributed by atoms with van der Waals surface area (Å²) in [5, 5.41) is 2.39. The molecule has 0 bridgehead atoms. The molecule has 1 unspecified atom stereocenters. The fourth-order valence-corrected chi connectivity index (χ4v) is 2.83. The van der Waals surface area contributed by atoms with E-state index in [4.69, 9.17) is 5.73 Å². The number of carbonyl (C=O) groups is 1. The van der Waals surface area contributed by atoms with Crippen molar-refractivity contribution in [1.29, 1.82) is 0 Å². The van der Waals surface area contributed by atoms with Gasteiger partial charge < -0.3 is 11.1 Å². The normalized spacial score (nSPS) is 22.7. The smallest absolute Gasteiger partial charge is 0.352 e. The Bertz CT molecular complexity index is 541. The molecule has 1 amide bonds. The highest BCUT2D eigenvalue weighted by Crippen LogP contribution is 2.46. The Hall–Kier alpha value is -1.31. The number of nitrogens with zero attached hydrogens (tertiary/aromatic N) is 1. The van der Waals surface area contributed by atoms with Gasteiger partial charge in [-0.05, 0) is 25.5 Å². The molecule has 1 fully saturated rings. The van der Waals surface area contributed by atoms with Gasteiger partial charge in [-0.15, -0.1) is 12.4 Å². The van der Waals surface area contributed by atoms with E-state index in [1.807, 2.05) is 30.3 Å². The van der Waals surface area contributed by atoms with Crippen LogP contribution in [0.3, 0.4) is 0 Å². The molecule has 1 aliphatic rings. The maximum atomic E-state index is 13.6. The van der Waals surface area contributed by atoms with Gasteiger partial charge in [-0.1, -0.05) is 30.3 Å². The van der Waals surface area contributed by atoms with Crippen LogP contribution in [0.15, 0.2) is 30.3 Å². The van der Waals surface area contributed by atoms with E-state index in [1.54, 1.807) is 11.8 Å². The average molecular weight is 366 g/mol. The molecule has 2 atom stereocenters. The van der Waals surface area contributed by atoms with Gasteiger partial charge in [-0.25, -0.2) is 0 Å². The van der Waals surface area contributed by atoms with E-state index >= 15 is 0 Å². The summed E-state index contributed by atoms with van der Waals surface area (Å²) in [6.07, 6.45) is -4.82. The van der Waals surface area contributed by atoms with Gasteiger partial charge in [0.25, 0.3) is 0 Å². The summed E-state index contributed by atoms with van der Waals surface area (Å²) >= 11 is 0. The van der Waals surface area contributed by atoms with E-state index in [1.165, 1.54) is 0 Å². The Labute approximate surface area is 146 Å². The van der Waals surface area contributed by atoms with E-state index in [0.29, 0.717) is 6.54 Å². The third-order valence-electron chi connectivity index (χ3n) is 4.31. The van der Waals surface area contributed by atoms with Crippen molar-refractivity contribution in [2.24, 2.45) is 11.1 Å². The van der Waals surface area contributed by atoms with Gasteiger partial charge in [-0.2, -0.15) is 13.2 Å². The fourth-order valence-electron chi connectivity index (χ4n) is 2.83. The molecule has 24 heavy (non-hydrogen) atoms. The molecular weight excluding hydrogens is 343 g/mol. The molecule has 2 rings (SSSR count). The summed E-state index contributed by atoms with van der Waals surface area (Å²) in [5.74, 6) is -0.974. The van der Waals surface area contributed by atoms with Crippen LogP contribution in [0.5, 0.6) is 0 Å². The highest BCUT2D eigenvalue weighted by Gasteiger charge is 2.62. The predicted octanol–water partition coefficient (Wildman–Crippen LogP) is 2.33. The number of amides is 1. The maximum Gasteiger partial charge on any atom is 0.404 e. The summed E-state index contributed by atoms with van der Waals surface area (Å²) in [6, 6.07) is 8.80. The first-order valence-corrected chi connectivity index (χ1v) is 7.62. The number of alkyl halides is 3. The second-order valence-corrected chi connectivity index (χ2v) is 6.14. The van der Waals surface area contributed by atoms with Gasteiger partial charge in [0, 0.05) is 25.7 Å². The Balaban J connectivity index is 0.00000288. The number of carbonyl (C=O) groups excluding carboxylic acids is 1. The first-order valence-electron chi connectivity index (χ1n) is 7.62. The van der Waals surface area contributed by atoms with Crippen LogP contribution >= 0.6 is 12.4 Å².